The molecule has 1 atom stereocenters. The Kier molecular flexibility index (Phi) is 1.51. The quantitative estimate of drug-likeness (QED) is 0.540. The van der Waals surface area contributed by atoms with Gasteiger partial charge in [0.25, 0.3) is 0 Å². The zero-order valence-corrected chi connectivity index (χ0v) is 7.21. The molecule has 1 aliphatic rings. The molecule has 1 aliphatic heterocycles. The van der Waals surface area contributed by atoms with E-state index in [-0.39, 0.29) is 5.41 Å². The van der Waals surface area contributed by atoms with Gasteiger partial charge in [0, 0.05) is 5.41 Å². The molecule has 0 aromatic heterocycles. The molecule has 0 spiro atoms. The Hall–Kier alpha value is -0.930. The summed E-state index contributed by atoms with van der Waals surface area (Å²) in [5.74, 6) is 0. The van der Waals surface area contributed by atoms with E-state index in [2.05, 4.69) is 10.2 Å². The van der Waals surface area contributed by atoms with Crippen molar-refractivity contribution in [2.24, 2.45) is 15.6 Å². The number of hydrogen-bond acceptors (Lipinski definition) is 3. The van der Waals surface area contributed by atoms with E-state index in [1.54, 1.807) is 6.92 Å². The molecule has 1 unspecified atom stereocenters. The van der Waals surface area contributed by atoms with Crippen LogP contribution in [0.2, 0.25) is 0 Å². The van der Waals surface area contributed by atoms with E-state index < -0.39 is 11.8 Å². The van der Waals surface area contributed by atoms with Gasteiger partial charge in [-0.15, -0.1) is 5.11 Å². The molecule has 4 nitrogen and oxygen atoms in total. The van der Waals surface area contributed by atoms with Crippen molar-refractivity contribution in [3.8, 4) is 0 Å². The van der Waals surface area contributed by atoms with Crippen LogP contribution in [0.15, 0.2) is 10.2 Å². The number of amides is 1. The molecule has 11 heavy (non-hydrogen) atoms. The Balaban J connectivity index is 2.88. The van der Waals surface area contributed by atoms with Gasteiger partial charge in [-0.3, -0.25) is 0 Å². The lowest BCUT2D eigenvalue weighted by molar-refractivity contribution is -0.0269. The maximum Gasteiger partial charge on any atom is 0.454 e. The number of azo groups is 1. The molecule has 62 valence electrons. The zero-order chi connectivity index (χ0) is 8.70. The van der Waals surface area contributed by atoms with Crippen LogP contribution in [-0.2, 0) is 4.74 Å². The van der Waals surface area contributed by atoms with E-state index in [9.17, 15) is 4.79 Å². The summed E-state index contributed by atoms with van der Waals surface area (Å²) in [7, 11) is 0. The van der Waals surface area contributed by atoms with Crippen LogP contribution in [0.3, 0.4) is 0 Å². The first kappa shape index (κ1) is 8.17. The Labute approximate surface area is 65.6 Å². The highest BCUT2D eigenvalue weighted by Gasteiger charge is 2.45. The fourth-order valence-electron chi connectivity index (χ4n) is 0.650. The first-order valence-corrected chi connectivity index (χ1v) is 3.51. The topological polar surface area (TPSA) is 51.0 Å². The predicted molar refractivity (Wildman–Crippen MR) is 39.2 cm³/mol. The Bertz CT molecular complexity index is 217. The minimum absolute atomic E-state index is 0.206. The third-order valence-electron chi connectivity index (χ3n) is 2.00. The summed E-state index contributed by atoms with van der Waals surface area (Å²) in [4.78, 5) is 10.6. The lowest BCUT2D eigenvalue weighted by Gasteiger charge is -2.32. The van der Waals surface area contributed by atoms with Gasteiger partial charge in [0.05, 0.1) is 0 Å². The maximum atomic E-state index is 10.6. The molecule has 0 aromatic rings. The molecule has 0 saturated heterocycles. The Morgan fingerprint density at radius 2 is 2.00 bits per heavy atom. The van der Waals surface area contributed by atoms with Crippen molar-refractivity contribution in [3.05, 3.63) is 0 Å². The molecule has 0 N–H and O–H groups in total. The van der Waals surface area contributed by atoms with E-state index in [1.165, 1.54) is 0 Å². The summed E-state index contributed by atoms with van der Waals surface area (Å²) < 4.78 is 4.94. The van der Waals surface area contributed by atoms with Gasteiger partial charge >= 0.3 is 6.09 Å². The summed E-state index contributed by atoms with van der Waals surface area (Å²) in [5.41, 5.74) is -0.993. The molecule has 4 heteroatoms. The van der Waals surface area contributed by atoms with Crippen molar-refractivity contribution >= 4 is 6.09 Å². The second-order valence-electron chi connectivity index (χ2n) is 3.80. The first-order chi connectivity index (χ1) is 4.85. The number of hydrogen-bond donors (Lipinski definition) is 0. The molecular formula is C7H12N2O2. The molecule has 1 amide bonds. The van der Waals surface area contributed by atoms with Crippen molar-refractivity contribution in [3.63, 3.8) is 0 Å². The number of ether oxygens (including phenoxy) is 1. The fraction of sp³-hybridized carbons (Fsp3) is 0.857. The number of cyclic esters (lactones) is 1. The van der Waals surface area contributed by atoms with Gasteiger partial charge in [-0.1, -0.05) is 25.9 Å². The molecule has 0 fully saturated rings. The van der Waals surface area contributed by atoms with Gasteiger partial charge < -0.3 is 4.74 Å². The largest absolute Gasteiger partial charge is 0.454 e. The van der Waals surface area contributed by atoms with Gasteiger partial charge in [0.15, 0.2) is 0 Å². The monoisotopic (exact) mass is 156 g/mol. The molecular weight excluding hydrogens is 144 g/mol. The number of rotatable bonds is 0. The lowest BCUT2D eigenvalue weighted by Crippen LogP contribution is -2.38. The zero-order valence-electron chi connectivity index (χ0n) is 7.21. The second kappa shape index (κ2) is 2.03. The summed E-state index contributed by atoms with van der Waals surface area (Å²) in [6, 6.07) is 0. The fourth-order valence-corrected chi connectivity index (χ4v) is 0.650. The molecule has 0 bridgehead atoms. The Morgan fingerprint density at radius 1 is 1.45 bits per heavy atom. The van der Waals surface area contributed by atoms with Gasteiger partial charge in [0.2, 0.25) is 5.72 Å². The third kappa shape index (κ3) is 1.25. The van der Waals surface area contributed by atoms with Crippen molar-refractivity contribution in [1.82, 2.24) is 0 Å². The van der Waals surface area contributed by atoms with Crippen LogP contribution >= 0.6 is 0 Å². The van der Waals surface area contributed by atoms with Crippen LogP contribution in [-0.4, -0.2) is 11.8 Å². The summed E-state index contributed by atoms with van der Waals surface area (Å²) in [6.07, 6.45) is -0.595. The van der Waals surface area contributed by atoms with E-state index >= 15 is 0 Å². The van der Waals surface area contributed by atoms with Crippen molar-refractivity contribution in [1.29, 1.82) is 0 Å². The van der Waals surface area contributed by atoms with Gasteiger partial charge in [-0.2, -0.15) is 0 Å². The highest BCUT2D eigenvalue weighted by atomic mass is 16.6. The standard InChI is InChI=1S/C7H12N2O2/c1-6(2,3)7(4)9-8-5(10)11-7/h1-4H3. The number of carbonyl (C=O) groups is 1. The van der Waals surface area contributed by atoms with Crippen LogP contribution in [0.5, 0.6) is 0 Å². The van der Waals surface area contributed by atoms with Crippen LogP contribution in [0.1, 0.15) is 27.7 Å². The molecule has 1 rings (SSSR count). The average molecular weight is 156 g/mol. The van der Waals surface area contributed by atoms with Gasteiger partial charge in [-0.25, -0.2) is 4.79 Å². The van der Waals surface area contributed by atoms with Gasteiger partial charge in [-0.05, 0) is 6.92 Å². The molecule has 1 heterocycles. The summed E-state index contributed by atoms with van der Waals surface area (Å²) in [5, 5.41) is 7.09. The highest BCUT2D eigenvalue weighted by Crippen LogP contribution is 2.38. The van der Waals surface area contributed by atoms with Gasteiger partial charge in [0.1, 0.15) is 0 Å². The summed E-state index contributed by atoms with van der Waals surface area (Å²) in [6.45, 7) is 7.60. The van der Waals surface area contributed by atoms with Crippen molar-refractivity contribution in [2.75, 3.05) is 0 Å². The smallest absolute Gasteiger partial charge is 0.416 e. The van der Waals surface area contributed by atoms with Crippen LogP contribution in [0.25, 0.3) is 0 Å². The average Bonchev–Trinajstić information content (AvgIpc) is 2.10. The summed E-state index contributed by atoms with van der Waals surface area (Å²) >= 11 is 0. The second-order valence-corrected chi connectivity index (χ2v) is 3.80. The molecule has 0 radical (unpaired) electrons. The van der Waals surface area contributed by atoms with Crippen LogP contribution < -0.4 is 0 Å². The minimum atomic E-state index is -0.788. The van der Waals surface area contributed by atoms with Crippen LogP contribution in [0, 0.1) is 5.41 Å². The van der Waals surface area contributed by atoms with Crippen LogP contribution in [0.4, 0.5) is 4.79 Å². The third-order valence-corrected chi connectivity index (χ3v) is 2.00. The highest BCUT2D eigenvalue weighted by molar-refractivity contribution is 5.69. The lowest BCUT2D eigenvalue weighted by atomic mass is 9.85. The molecule has 0 aromatic carbocycles. The number of carbonyl (C=O) groups excluding carboxylic acids is 1. The van der Waals surface area contributed by atoms with E-state index in [0.717, 1.165) is 0 Å². The van der Waals surface area contributed by atoms with Crippen molar-refractivity contribution in [2.45, 2.75) is 33.4 Å². The maximum absolute atomic E-state index is 10.6. The minimum Gasteiger partial charge on any atom is -0.416 e. The predicted octanol–water partition coefficient (Wildman–Crippen LogP) is 2.35. The Morgan fingerprint density at radius 3 is 2.18 bits per heavy atom. The normalized spacial score (nSPS) is 30.7. The van der Waals surface area contributed by atoms with Crippen molar-refractivity contribution < 1.29 is 9.53 Å². The SMILES string of the molecule is CC(C)(C)C1(C)N=NC(=O)O1. The first-order valence-electron chi connectivity index (χ1n) is 3.51. The molecule has 0 aliphatic carbocycles. The number of nitrogens with zero attached hydrogens (tertiary/aromatic N) is 2. The van der Waals surface area contributed by atoms with E-state index in [4.69, 9.17) is 4.74 Å². The van der Waals surface area contributed by atoms with E-state index in [0.29, 0.717) is 0 Å². The molecule has 0 saturated carbocycles. The van der Waals surface area contributed by atoms with E-state index in [1.807, 2.05) is 20.8 Å².